The van der Waals surface area contributed by atoms with Gasteiger partial charge < -0.3 is 5.32 Å². The molecule has 1 aromatic carbocycles. The SMILES string of the molecule is Cc1cc(NC(=O)c2cccnc2)ccc1-n1cnnn1. The third kappa shape index (κ3) is 2.76. The number of carbonyl (C=O) groups is 1. The summed E-state index contributed by atoms with van der Waals surface area (Å²) in [5, 5.41) is 13.9. The minimum Gasteiger partial charge on any atom is -0.322 e. The van der Waals surface area contributed by atoms with Crippen LogP contribution in [0.15, 0.2) is 49.1 Å². The summed E-state index contributed by atoms with van der Waals surface area (Å²) in [6, 6.07) is 8.96. The number of hydrogen-bond acceptors (Lipinski definition) is 5. The number of tetrazole rings is 1. The predicted octanol–water partition coefficient (Wildman–Crippen LogP) is 1.62. The third-order valence-electron chi connectivity index (χ3n) is 2.97. The number of aryl methyl sites for hydroxylation is 1. The van der Waals surface area contributed by atoms with Crippen molar-refractivity contribution in [1.29, 1.82) is 0 Å². The molecule has 0 fully saturated rings. The van der Waals surface area contributed by atoms with Crippen molar-refractivity contribution in [2.75, 3.05) is 5.32 Å². The van der Waals surface area contributed by atoms with Gasteiger partial charge in [0.25, 0.3) is 5.91 Å². The maximum atomic E-state index is 12.1. The summed E-state index contributed by atoms with van der Waals surface area (Å²) >= 11 is 0. The molecule has 21 heavy (non-hydrogen) atoms. The van der Waals surface area contributed by atoms with Crippen LogP contribution in [0.3, 0.4) is 0 Å². The summed E-state index contributed by atoms with van der Waals surface area (Å²) in [5.41, 5.74) is 3.03. The van der Waals surface area contributed by atoms with Gasteiger partial charge in [-0.2, -0.15) is 0 Å². The summed E-state index contributed by atoms with van der Waals surface area (Å²) < 4.78 is 1.57. The first kappa shape index (κ1) is 12.9. The molecule has 2 aromatic heterocycles. The molecule has 2 heterocycles. The Hall–Kier alpha value is -3.09. The topological polar surface area (TPSA) is 85.6 Å². The normalized spacial score (nSPS) is 10.3. The Kier molecular flexibility index (Phi) is 3.38. The fourth-order valence-corrected chi connectivity index (χ4v) is 1.96. The number of pyridine rings is 1. The van der Waals surface area contributed by atoms with Gasteiger partial charge in [0.2, 0.25) is 0 Å². The van der Waals surface area contributed by atoms with E-state index >= 15 is 0 Å². The van der Waals surface area contributed by atoms with E-state index in [9.17, 15) is 4.79 Å². The number of hydrogen-bond donors (Lipinski definition) is 1. The molecule has 3 aromatic rings. The van der Waals surface area contributed by atoms with Gasteiger partial charge in [0, 0.05) is 18.1 Å². The zero-order chi connectivity index (χ0) is 14.7. The highest BCUT2D eigenvalue weighted by Crippen LogP contribution is 2.18. The number of nitrogens with one attached hydrogen (secondary N) is 1. The van der Waals surface area contributed by atoms with Crippen LogP contribution >= 0.6 is 0 Å². The van der Waals surface area contributed by atoms with E-state index in [1.807, 2.05) is 19.1 Å². The Morgan fingerprint density at radius 3 is 2.86 bits per heavy atom. The molecule has 0 radical (unpaired) electrons. The molecule has 0 aliphatic carbocycles. The Balaban J connectivity index is 1.81. The fraction of sp³-hybridized carbons (Fsp3) is 0.0714. The summed E-state index contributed by atoms with van der Waals surface area (Å²) in [7, 11) is 0. The van der Waals surface area contributed by atoms with Crippen molar-refractivity contribution >= 4 is 11.6 Å². The number of nitrogens with zero attached hydrogens (tertiary/aromatic N) is 5. The Morgan fingerprint density at radius 1 is 1.29 bits per heavy atom. The number of rotatable bonds is 3. The van der Waals surface area contributed by atoms with Crippen molar-refractivity contribution in [2.45, 2.75) is 6.92 Å². The van der Waals surface area contributed by atoms with Crippen LogP contribution in [0, 0.1) is 6.92 Å². The molecule has 7 heteroatoms. The lowest BCUT2D eigenvalue weighted by molar-refractivity contribution is 0.102. The van der Waals surface area contributed by atoms with Crippen LogP contribution in [0.2, 0.25) is 0 Å². The number of carbonyl (C=O) groups excluding carboxylic acids is 1. The largest absolute Gasteiger partial charge is 0.322 e. The van der Waals surface area contributed by atoms with E-state index in [0.717, 1.165) is 11.3 Å². The molecular formula is C14H12N6O. The van der Waals surface area contributed by atoms with Crippen LogP contribution in [0.5, 0.6) is 0 Å². The van der Waals surface area contributed by atoms with Crippen molar-refractivity contribution in [1.82, 2.24) is 25.2 Å². The lowest BCUT2D eigenvalue weighted by atomic mass is 10.1. The Bertz CT molecular complexity index is 754. The summed E-state index contributed by atoms with van der Waals surface area (Å²) in [6.07, 6.45) is 4.68. The number of aromatic nitrogens is 5. The van der Waals surface area contributed by atoms with Gasteiger partial charge in [-0.3, -0.25) is 9.78 Å². The molecule has 0 unspecified atom stereocenters. The zero-order valence-corrected chi connectivity index (χ0v) is 11.3. The van der Waals surface area contributed by atoms with Gasteiger partial charge in [0.1, 0.15) is 6.33 Å². The average molecular weight is 280 g/mol. The standard InChI is InChI=1S/C14H12N6O/c1-10-7-12(4-5-13(10)20-9-16-18-19-20)17-14(21)11-3-2-6-15-8-11/h2-9H,1H3,(H,17,21). The maximum absolute atomic E-state index is 12.1. The molecule has 0 spiro atoms. The van der Waals surface area contributed by atoms with Gasteiger partial charge in [0.15, 0.2) is 0 Å². The molecule has 7 nitrogen and oxygen atoms in total. The Morgan fingerprint density at radius 2 is 2.19 bits per heavy atom. The molecule has 0 aliphatic rings. The molecule has 1 N–H and O–H groups in total. The smallest absolute Gasteiger partial charge is 0.257 e. The lowest BCUT2D eigenvalue weighted by Crippen LogP contribution is -2.12. The highest BCUT2D eigenvalue weighted by Gasteiger charge is 2.08. The van der Waals surface area contributed by atoms with Gasteiger partial charge >= 0.3 is 0 Å². The van der Waals surface area contributed by atoms with Crippen LogP contribution in [0.25, 0.3) is 5.69 Å². The van der Waals surface area contributed by atoms with Crippen LogP contribution in [-0.4, -0.2) is 31.1 Å². The van der Waals surface area contributed by atoms with E-state index < -0.39 is 0 Å². The lowest BCUT2D eigenvalue weighted by Gasteiger charge is -2.09. The molecule has 0 atom stereocenters. The van der Waals surface area contributed by atoms with Crippen molar-refractivity contribution in [3.8, 4) is 5.69 Å². The predicted molar refractivity (Wildman–Crippen MR) is 76.1 cm³/mol. The fourth-order valence-electron chi connectivity index (χ4n) is 1.96. The first-order valence-corrected chi connectivity index (χ1v) is 6.29. The zero-order valence-electron chi connectivity index (χ0n) is 11.3. The minimum atomic E-state index is -0.197. The van der Waals surface area contributed by atoms with Crippen molar-refractivity contribution < 1.29 is 4.79 Å². The summed E-state index contributed by atoms with van der Waals surface area (Å²) in [6.45, 7) is 1.93. The van der Waals surface area contributed by atoms with Crippen molar-refractivity contribution in [3.05, 3.63) is 60.2 Å². The number of benzene rings is 1. The van der Waals surface area contributed by atoms with Crippen LogP contribution in [-0.2, 0) is 0 Å². The first-order chi connectivity index (χ1) is 10.2. The molecule has 0 saturated carbocycles. The van der Waals surface area contributed by atoms with Crippen LogP contribution < -0.4 is 5.32 Å². The van der Waals surface area contributed by atoms with Crippen molar-refractivity contribution in [2.24, 2.45) is 0 Å². The molecular weight excluding hydrogens is 268 g/mol. The van der Waals surface area contributed by atoms with Gasteiger partial charge in [0.05, 0.1) is 11.3 Å². The van der Waals surface area contributed by atoms with E-state index in [-0.39, 0.29) is 5.91 Å². The van der Waals surface area contributed by atoms with E-state index in [2.05, 4.69) is 25.8 Å². The van der Waals surface area contributed by atoms with Crippen molar-refractivity contribution in [3.63, 3.8) is 0 Å². The second-order valence-corrected chi connectivity index (χ2v) is 4.45. The van der Waals surface area contributed by atoms with Gasteiger partial charge in [-0.15, -0.1) is 5.10 Å². The van der Waals surface area contributed by atoms with Crippen LogP contribution in [0.1, 0.15) is 15.9 Å². The average Bonchev–Trinajstić information content (AvgIpc) is 3.02. The minimum absolute atomic E-state index is 0.197. The van der Waals surface area contributed by atoms with E-state index in [4.69, 9.17) is 0 Å². The van der Waals surface area contributed by atoms with Gasteiger partial charge in [-0.1, -0.05) is 0 Å². The summed E-state index contributed by atoms with van der Waals surface area (Å²) in [4.78, 5) is 16.0. The molecule has 0 bridgehead atoms. The molecule has 0 aliphatic heterocycles. The van der Waals surface area contributed by atoms with E-state index in [1.54, 1.807) is 29.1 Å². The first-order valence-electron chi connectivity index (χ1n) is 6.29. The number of anilines is 1. The molecule has 0 saturated heterocycles. The van der Waals surface area contributed by atoms with Gasteiger partial charge in [-0.05, 0) is 53.2 Å². The third-order valence-corrected chi connectivity index (χ3v) is 2.97. The summed E-state index contributed by atoms with van der Waals surface area (Å²) in [5.74, 6) is -0.197. The van der Waals surface area contributed by atoms with E-state index in [0.29, 0.717) is 11.3 Å². The molecule has 104 valence electrons. The van der Waals surface area contributed by atoms with Crippen LogP contribution in [0.4, 0.5) is 5.69 Å². The Labute approximate surface area is 120 Å². The highest BCUT2D eigenvalue weighted by molar-refractivity contribution is 6.04. The number of amides is 1. The maximum Gasteiger partial charge on any atom is 0.257 e. The van der Waals surface area contributed by atoms with Gasteiger partial charge in [-0.25, -0.2) is 4.68 Å². The molecule has 1 amide bonds. The second-order valence-electron chi connectivity index (χ2n) is 4.45. The van der Waals surface area contributed by atoms with E-state index in [1.165, 1.54) is 12.5 Å². The monoisotopic (exact) mass is 280 g/mol. The second kappa shape index (κ2) is 5.49. The molecule has 3 rings (SSSR count). The quantitative estimate of drug-likeness (QED) is 0.788. The highest BCUT2D eigenvalue weighted by atomic mass is 16.1.